The molecule has 0 aromatic heterocycles. The molecule has 0 bridgehead atoms. The van der Waals surface area contributed by atoms with Crippen LogP contribution in [0.15, 0.2) is 99.1 Å². The summed E-state index contributed by atoms with van der Waals surface area (Å²) in [6, 6.07) is 23.6. The fraction of sp³-hybridized carbons (Fsp3) is 0.179. The summed E-state index contributed by atoms with van der Waals surface area (Å²) in [4.78, 5) is 7.23. The van der Waals surface area contributed by atoms with E-state index in [2.05, 4.69) is 39.0 Å². The van der Waals surface area contributed by atoms with E-state index < -0.39 is 5.72 Å². The van der Waals surface area contributed by atoms with E-state index in [1.165, 1.54) is 11.1 Å². The number of amidine groups is 1. The van der Waals surface area contributed by atoms with Gasteiger partial charge in [0.2, 0.25) is 0 Å². The normalized spacial score (nSPS) is 24.6. The van der Waals surface area contributed by atoms with Crippen molar-refractivity contribution in [1.29, 1.82) is 0 Å². The van der Waals surface area contributed by atoms with Crippen molar-refractivity contribution in [2.45, 2.75) is 24.6 Å². The Balaban J connectivity index is 1.48. The summed E-state index contributed by atoms with van der Waals surface area (Å²) in [5, 5.41) is 14.4. The number of allylic oxidation sites excluding steroid dienone is 1. The fourth-order valence-corrected chi connectivity index (χ4v) is 6.79. The molecular weight excluding hydrogens is 563 g/mol. The zero-order chi connectivity index (χ0) is 24.2. The SMILES string of the molecule is OC1(c2ccc(Br)cc2)CSC2=NC3=C(CC/C3=C\c3ccc(Cl)cc3)C(c3ccc(Cl)cc3)N21. The van der Waals surface area contributed by atoms with E-state index in [4.69, 9.17) is 28.2 Å². The predicted molar refractivity (Wildman–Crippen MR) is 150 cm³/mol. The Labute approximate surface area is 227 Å². The molecule has 176 valence electrons. The molecule has 1 saturated heterocycles. The molecule has 3 aliphatic rings. The summed E-state index contributed by atoms with van der Waals surface area (Å²) in [6.07, 6.45) is 4.00. The molecule has 6 rings (SSSR count). The van der Waals surface area contributed by atoms with Gasteiger partial charge in [0.1, 0.15) is 0 Å². The zero-order valence-corrected chi connectivity index (χ0v) is 22.5. The first-order chi connectivity index (χ1) is 16.9. The number of fused-ring (bicyclic) bond motifs is 1. The number of hydrogen-bond acceptors (Lipinski definition) is 4. The smallest absolute Gasteiger partial charge is 0.176 e. The van der Waals surface area contributed by atoms with Crippen LogP contribution in [-0.2, 0) is 5.72 Å². The molecule has 35 heavy (non-hydrogen) atoms. The van der Waals surface area contributed by atoms with Crippen molar-refractivity contribution in [2.75, 3.05) is 5.75 Å². The van der Waals surface area contributed by atoms with E-state index in [1.807, 2.05) is 60.7 Å². The van der Waals surface area contributed by atoms with Crippen LogP contribution in [0.25, 0.3) is 6.08 Å². The van der Waals surface area contributed by atoms with Crippen molar-refractivity contribution >= 4 is 62.1 Å². The van der Waals surface area contributed by atoms with Gasteiger partial charge < -0.3 is 10.0 Å². The topological polar surface area (TPSA) is 35.8 Å². The van der Waals surface area contributed by atoms with Gasteiger partial charge in [0.25, 0.3) is 0 Å². The van der Waals surface area contributed by atoms with Gasteiger partial charge >= 0.3 is 0 Å². The summed E-state index contributed by atoms with van der Waals surface area (Å²) < 4.78 is 0.982. The van der Waals surface area contributed by atoms with E-state index in [0.29, 0.717) is 10.8 Å². The van der Waals surface area contributed by atoms with Crippen LogP contribution in [0, 0.1) is 0 Å². The number of benzene rings is 3. The molecule has 2 unspecified atom stereocenters. The number of hydrogen-bond donors (Lipinski definition) is 1. The summed E-state index contributed by atoms with van der Waals surface area (Å²) in [5.74, 6) is 0.508. The van der Waals surface area contributed by atoms with Gasteiger partial charge in [-0.1, -0.05) is 87.3 Å². The summed E-state index contributed by atoms with van der Waals surface area (Å²) >= 11 is 17.4. The lowest BCUT2D eigenvalue weighted by Crippen LogP contribution is -2.48. The average molecular weight is 584 g/mol. The van der Waals surface area contributed by atoms with E-state index in [1.54, 1.807) is 11.8 Å². The molecule has 3 aromatic carbocycles. The monoisotopic (exact) mass is 582 g/mol. The molecular formula is C28H21BrCl2N2OS. The number of nitrogens with zero attached hydrogens (tertiary/aromatic N) is 2. The van der Waals surface area contributed by atoms with Crippen molar-refractivity contribution in [2.24, 2.45) is 4.99 Å². The first-order valence-corrected chi connectivity index (χ1v) is 13.9. The maximum atomic E-state index is 12.1. The van der Waals surface area contributed by atoms with Crippen molar-refractivity contribution < 1.29 is 5.11 Å². The lowest BCUT2D eigenvalue weighted by molar-refractivity contribution is -0.0637. The standard InChI is InChI=1S/C28H21BrCl2N2OS/c29-21-8-6-20(7-9-21)28(34)16-35-27-32-25-19(15-17-1-10-22(30)11-2-17)5-14-24(25)26(33(27)28)18-3-12-23(31)13-4-18/h1-4,6-13,15,26,34H,5,14,16H2/b19-15+. The van der Waals surface area contributed by atoms with Gasteiger partial charge in [-0.05, 0) is 77.6 Å². The van der Waals surface area contributed by atoms with Gasteiger partial charge in [-0.3, -0.25) is 0 Å². The Bertz CT molecular complexity index is 1380. The third-order valence-corrected chi connectivity index (χ3v) is 8.90. The van der Waals surface area contributed by atoms with Crippen LogP contribution in [0.1, 0.15) is 35.6 Å². The third kappa shape index (κ3) is 4.17. The minimum absolute atomic E-state index is 0.130. The van der Waals surface area contributed by atoms with Gasteiger partial charge in [0.05, 0.1) is 17.5 Å². The molecule has 0 spiro atoms. The minimum atomic E-state index is -1.17. The Kier molecular flexibility index (Phi) is 6.10. The van der Waals surface area contributed by atoms with E-state index in [-0.39, 0.29) is 6.04 Å². The maximum Gasteiger partial charge on any atom is 0.176 e. The molecule has 0 amide bonds. The van der Waals surface area contributed by atoms with Gasteiger partial charge in [-0.15, -0.1) is 0 Å². The zero-order valence-electron chi connectivity index (χ0n) is 18.6. The molecule has 1 fully saturated rings. The average Bonchev–Trinajstić information content (AvgIpc) is 3.42. The molecule has 2 aliphatic heterocycles. The van der Waals surface area contributed by atoms with Crippen LogP contribution in [0.3, 0.4) is 0 Å². The molecule has 3 aromatic rings. The van der Waals surface area contributed by atoms with Crippen molar-refractivity contribution in [3.63, 3.8) is 0 Å². The van der Waals surface area contributed by atoms with Crippen LogP contribution >= 0.6 is 50.9 Å². The number of halogens is 3. The van der Waals surface area contributed by atoms with Crippen molar-refractivity contribution in [3.05, 3.63) is 121 Å². The van der Waals surface area contributed by atoms with Crippen molar-refractivity contribution in [1.82, 2.24) is 4.90 Å². The lowest BCUT2D eigenvalue weighted by Gasteiger charge is -2.43. The highest BCUT2D eigenvalue weighted by Gasteiger charge is 2.52. The first kappa shape index (κ1) is 23.4. The van der Waals surface area contributed by atoms with Gasteiger partial charge in [0.15, 0.2) is 10.9 Å². The largest absolute Gasteiger partial charge is 0.366 e. The Hall–Kier alpha value is -2.02. The van der Waals surface area contributed by atoms with Crippen LogP contribution in [-0.4, -0.2) is 20.9 Å². The Morgan fingerprint density at radius 3 is 2.29 bits per heavy atom. The maximum absolute atomic E-state index is 12.1. The molecule has 2 heterocycles. The molecule has 2 atom stereocenters. The fourth-order valence-electron chi connectivity index (χ4n) is 5.08. The lowest BCUT2D eigenvalue weighted by atomic mass is 9.91. The minimum Gasteiger partial charge on any atom is -0.366 e. The van der Waals surface area contributed by atoms with Crippen LogP contribution in [0.5, 0.6) is 0 Å². The molecule has 0 saturated carbocycles. The van der Waals surface area contributed by atoms with Crippen LogP contribution in [0.4, 0.5) is 0 Å². The quantitative estimate of drug-likeness (QED) is 0.337. The number of aliphatic hydroxyl groups is 1. The molecule has 3 nitrogen and oxygen atoms in total. The second-order valence-electron chi connectivity index (χ2n) is 8.93. The molecule has 1 N–H and O–H groups in total. The molecule has 7 heteroatoms. The second-order valence-corrected chi connectivity index (χ2v) is 11.7. The van der Waals surface area contributed by atoms with Gasteiger partial charge in [0, 0.05) is 20.1 Å². The third-order valence-electron chi connectivity index (χ3n) is 6.78. The highest BCUT2D eigenvalue weighted by molar-refractivity contribution is 9.10. The Morgan fingerprint density at radius 2 is 1.60 bits per heavy atom. The Morgan fingerprint density at radius 1 is 0.943 bits per heavy atom. The van der Waals surface area contributed by atoms with Crippen molar-refractivity contribution in [3.8, 4) is 0 Å². The number of aliphatic imine (C=N–C) groups is 1. The summed E-state index contributed by atoms with van der Waals surface area (Å²) in [7, 11) is 0. The first-order valence-electron chi connectivity index (χ1n) is 11.4. The van der Waals surface area contributed by atoms with Crippen LogP contribution < -0.4 is 0 Å². The summed E-state index contributed by atoms with van der Waals surface area (Å²) in [5.41, 5.74) is 5.38. The number of rotatable bonds is 3. The number of thioether (sulfide) groups is 1. The summed E-state index contributed by atoms with van der Waals surface area (Å²) in [6.45, 7) is 0. The predicted octanol–water partition coefficient (Wildman–Crippen LogP) is 8.19. The van der Waals surface area contributed by atoms with E-state index >= 15 is 0 Å². The van der Waals surface area contributed by atoms with Crippen LogP contribution in [0.2, 0.25) is 10.0 Å². The van der Waals surface area contributed by atoms with Gasteiger partial charge in [-0.2, -0.15) is 0 Å². The highest BCUT2D eigenvalue weighted by Crippen LogP contribution is 2.54. The second kappa shape index (κ2) is 9.13. The highest BCUT2D eigenvalue weighted by atomic mass is 79.9. The van der Waals surface area contributed by atoms with E-state index in [0.717, 1.165) is 49.9 Å². The molecule has 1 aliphatic carbocycles. The molecule has 0 radical (unpaired) electrons. The van der Waals surface area contributed by atoms with E-state index in [9.17, 15) is 5.11 Å². The van der Waals surface area contributed by atoms with Gasteiger partial charge in [-0.25, -0.2) is 4.99 Å².